The first-order chi connectivity index (χ1) is 23.0. The van der Waals surface area contributed by atoms with Crippen molar-refractivity contribution >= 4 is 17.5 Å². The highest BCUT2D eigenvalue weighted by molar-refractivity contribution is 6.30. The zero-order valence-electron chi connectivity index (χ0n) is 27.2. The molecule has 1 aromatic heterocycles. The second kappa shape index (κ2) is 15.5. The van der Waals surface area contributed by atoms with Crippen LogP contribution < -0.4 is 10.1 Å². The fourth-order valence-corrected chi connectivity index (χ4v) is 6.46. The third kappa shape index (κ3) is 8.52. The van der Waals surface area contributed by atoms with Crippen LogP contribution in [-0.2, 0) is 49.7 Å². The molecule has 0 spiro atoms. The first-order valence-electron chi connectivity index (χ1n) is 16.3. The molecule has 0 aliphatic heterocycles. The molecule has 0 radical (unpaired) electrons. The smallest absolute Gasteiger partial charge is 0.334 e. The molecule has 11 heteroatoms. The van der Waals surface area contributed by atoms with E-state index in [1.807, 2.05) is 33.7 Å². The second-order valence-electron chi connectivity index (χ2n) is 12.1. The zero-order chi connectivity index (χ0) is 34.4. The van der Waals surface area contributed by atoms with Gasteiger partial charge in [-0.15, -0.1) is 0 Å². The van der Waals surface area contributed by atoms with Crippen LogP contribution in [0.15, 0.2) is 71.5 Å². The van der Waals surface area contributed by atoms with E-state index in [1.165, 1.54) is 18.2 Å². The van der Waals surface area contributed by atoms with Crippen molar-refractivity contribution in [3.63, 3.8) is 0 Å². The summed E-state index contributed by atoms with van der Waals surface area (Å²) in [6.07, 6.45) is -1.27. The number of nitrogens with zero attached hydrogens (tertiary/aromatic N) is 3. The summed E-state index contributed by atoms with van der Waals surface area (Å²) in [5.41, 5.74) is 3.92. The number of carbonyl (C=O) groups is 1. The van der Waals surface area contributed by atoms with Gasteiger partial charge in [0.1, 0.15) is 11.5 Å². The van der Waals surface area contributed by atoms with Crippen LogP contribution >= 0.6 is 11.6 Å². The number of amides is 1. The minimum absolute atomic E-state index is 0.0363. The minimum atomic E-state index is -4.39. The Hall–Kier alpha value is -4.02. The molecule has 6 nitrogen and oxygen atoms in total. The van der Waals surface area contributed by atoms with Crippen molar-refractivity contribution in [1.29, 1.82) is 0 Å². The van der Waals surface area contributed by atoms with Gasteiger partial charge in [-0.1, -0.05) is 67.9 Å². The molecule has 0 unspecified atom stereocenters. The van der Waals surface area contributed by atoms with Crippen LogP contribution in [0.1, 0.15) is 54.0 Å². The van der Waals surface area contributed by atoms with Crippen molar-refractivity contribution in [2.45, 2.75) is 65.2 Å². The minimum Gasteiger partial charge on any atom is -0.334 e. The first-order valence-corrected chi connectivity index (χ1v) is 16.7. The van der Waals surface area contributed by atoms with Gasteiger partial charge in [-0.2, -0.15) is 13.2 Å². The van der Waals surface area contributed by atoms with E-state index >= 15 is 0 Å². The average Bonchev–Trinajstić information content (AvgIpc) is 3.57. The number of rotatable bonds is 13. The van der Waals surface area contributed by atoms with E-state index < -0.39 is 17.6 Å². The lowest BCUT2D eigenvalue weighted by molar-refractivity contribution is -0.702. The lowest BCUT2D eigenvalue weighted by Crippen LogP contribution is -2.53. The Morgan fingerprint density at radius 2 is 1.54 bits per heavy atom. The molecule has 3 aromatic carbocycles. The van der Waals surface area contributed by atoms with Gasteiger partial charge in [0, 0.05) is 26.1 Å². The number of nitrogens with one attached hydrogen (secondary N) is 1. The van der Waals surface area contributed by atoms with E-state index in [0.717, 1.165) is 54.0 Å². The quantitative estimate of drug-likeness (QED) is 0.125. The summed E-state index contributed by atoms with van der Waals surface area (Å²) in [6.45, 7) is 7.45. The molecule has 254 valence electrons. The van der Waals surface area contributed by atoms with Crippen molar-refractivity contribution in [3.05, 3.63) is 122 Å². The van der Waals surface area contributed by atoms with E-state index in [4.69, 9.17) is 11.6 Å². The fraction of sp³-hybridized carbons (Fsp3) is 0.378. The van der Waals surface area contributed by atoms with Crippen molar-refractivity contribution in [3.8, 4) is 11.1 Å². The van der Waals surface area contributed by atoms with Gasteiger partial charge >= 0.3 is 11.7 Å². The number of benzene rings is 3. The van der Waals surface area contributed by atoms with Crippen LogP contribution in [0.2, 0.25) is 5.02 Å². The van der Waals surface area contributed by atoms with E-state index in [0.29, 0.717) is 62.3 Å². The molecule has 1 N–H and O–H groups in total. The van der Waals surface area contributed by atoms with Gasteiger partial charge in [0.25, 0.3) is 11.7 Å². The zero-order valence-corrected chi connectivity index (χ0v) is 27.9. The molecular formula is C37H40ClF4N4O2+. The standard InChI is InChI=1S/C37H39ClF4N4O2/c1-3-44(4-2)20-21-45(23-26-8-12-27(13-9-26)28-14-16-29(17-15-28)37(40,41)42)35(47)24-46-33-7-5-6-30(33)36(48)43-34(46)19-11-25-10-18-32(39)31(38)22-25/h8-10,12-18,22H,3-7,11,19-21,23-24H2,1-2H3/p+1. The normalized spacial score (nSPS) is 12.8. The van der Waals surface area contributed by atoms with Gasteiger partial charge < -0.3 is 9.80 Å². The van der Waals surface area contributed by atoms with Crippen LogP contribution in [0.4, 0.5) is 17.6 Å². The third-order valence-corrected chi connectivity index (χ3v) is 9.40. The highest BCUT2D eigenvalue weighted by Crippen LogP contribution is 2.31. The predicted octanol–water partition coefficient (Wildman–Crippen LogP) is 6.79. The van der Waals surface area contributed by atoms with E-state index in [2.05, 4.69) is 23.7 Å². The highest BCUT2D eigenvalue weighted by atomic mass is 35.5. The van der Waals surface area contributed by atoms with E-state index in [9.17, 15) is 27.2 Å². The van der Waals surface area contributed by atoms with Crippen LogP contribution in [0, 0.1) is 5.82 Å². The number of likely N-dealkylation sites (N-methyl/N-ethyl adjacent to an activating group) is 1. The van der Waals surface area contributed by atoms with Gasteiger partial charge in [-0.25, -0.2) is 18.7 Å². The fourth-order valence-electron chi connectivity index (χ4n) is 6.26. The summed E-state index contributed by atoms with van der Waals surface area (Å²) in [4.78, 5) is 34.2. The van der Waals surface area contributed by atoms with Gasteiger partial charge in [0.15, 0.2) is 6.54 Å². The van der Waals surface area contributed by atoms with Crippen LogP contribution in [0.25, 0.3) is 11.1 Å². The number of fused-ring (bicyclic) bond motifs is 1. The molecule has 0 saturated carbocycles. The second-order valence-corrected chi connectivity index (χ2v) is 12.5. The number of H-pyrrole nitrogens is 1. The molecule has 0 atom stereocenters. The first kappa shape index (κ1) is 35.3. The van der Waals surface area contributed by atoms with Gasteiger partial charge in [-0.3, -0.25) is 4.79 Å². The third-order valence-electron chi connectivity index (χ3n) is 9.11. The van der Waals surface area contributed by atoms with Crippen molar-refractivity contribution in [1.82, 2.24) is 14.8 Å². The Balaban J connectivity index is 1.38. The van der Waals surface area contributed by atoms with Gasteiger partial charge in [-0.05, 0) is 78.9 Å². The van der Waals surface area contributed by atoms with Gasteiger partial charge in [0.2, 0.25) is 0 Å². The number of halogens is 5. The van der Waals surface area contributed by atoms with Crippen LogP contribution in [-0.4, -0.2) is 46.9 Å². The molecule has 1 aliphatic rings. The van der Waals surface area contributed by atoms with Crippen LogP contribution in [0.5, 0.6) is 0 Å². The predicted molar refractivity (Wildman–Crippen MR) is 178 cm³/mol. The Labute approximate surface area is 283 Å². The molecule has 1 amide bonds. The molecule has 5 rings (SSSR count). The summed E-state index contributed by atoms with van der Waals surface area (Å²) < 4.78 is 54.8. The molecule has 1 aliphatic carbocycles. The monoisotopic (exact) mass is 683 g/mol. The topological polar surface area (TPSA) is 60.3 Å². The molecule has 0 saturated heterocycles. The maximum absolute atomic E-state index is 14.1. The summed E-state index contributed by atoms with van der Waals surface area (Å²) in [5, 5.41) is 0.0363. The average molecular weight is 684 g/mol. The van der Waals surface area contributed by atoms with Crippen molar-refractivity contribution in [2.24, 2.45) is 0 Å². The number of hydrogen-bond donors (Lipinski definition) is 1. The molecule has 48 heavy (non-hydrogen) atoms. The lowest BCUT2D eigenvalue weighted by Gasteiger charge is -2.27. The van der Waals surface area contributed by atoms with Crippen molar-refractivity contribution < 1.29 is 26.9 Å². The Kier molecular flexibility index (Phi) is 11.4. The molecule has 0 bridgehead atoms. The SMILES string of the molecule is CCN(CC)CCN(Cc1ccc(-c2ccc(C(F)(F)F)cc2)cc1)C(=O)C[n+]1c(CCc2ccc(F)c(Cl)c2)[nH]c(=O)c2c1CCC2. The number of alkyl halides is 3. The molecule has 0 fully saturated rings. The molecule has 4 aromatic rings. The summed E-state index contributed by atoms with van der Waals surface area (Å²) >= 11 is 6.00. The number of aromatic amines is 1. The summed E-state index contributed by atoms with van der Waals surface area (Å²) in [6, 6.07) is 17.1. The highest BCUT2D eigenvalue weighted by Gasteiger charge is 2.31. The number of carbonyl (C=O) groups excluding carboxylic acids is 1. The van der Waals surface area contributed by atoms with E-state index in [-0.39, 0.29) is 23.0 Å². The molecule has 1 heterocycles. The number of hydrogen-bond acceptors (Lipinski definition) is 3. The number of aryl methyl sites for hydroxylation is 2. The summed E-state index contributed by atoms with van der Waals surface area (Å²) in [7, 11) is 0. The Morgan fingerprint density at radius 3 is 2.17 bits per heavy atom. The maximum Gasteiger partial charge on any atom is 0.416 e. The summed E-state index contributed by atoms with van der Waals surface area (Å²) in [5.74, 6) is 0.0521. The molecular weight excluding hydrogens is 644 g/mol. The maximum atomic E-state index is 14.1. The van der Waals surface area contributed by atoms with Crippen molar-refractivity contribution in [2.75, 3.05) is 26.2 Å². The largest absolute Gasteiger partial charge is 0.416 e. The van der Waals surface area contributed by atoms with E-state index in [1.54, 1.807) is 12.1 Å². The number of aromatic nitrogens is 2. The Morgan fingerprint density at radius 1 is 0.896 bits per heavy atom. The van der Waals surface area contributed by atoms with Gasteiger partial charge in [0.05, 0.1) is 22.6 Å². The Bertz CT molecular complexity index is 1790. The lowest BCUT2D eigenvalue weighted by atomic mass is 10.0. The van der Waals surface area contributed by atoms with Crippen LogP contribution in [0.3, 0.4) is 0 Å².